The average molecular weight is 237 g/mol. The summed E-state index contributed by atoms with van der Waals surface area (Å²) in [6.45, 7) is 5.29. The topological polar surface area (TPSA) is 26.0 Å². The number of rotatable bonds is 7. The molecule has 1 nitrogen and oxygen atoms in total. The molecule has 0 saturated heterocycles. The minimum atomic E-state index is 0.631. The Morgan fingerprint density at radius 2 is 1.81 bits per heavy atom. The minimum Gasteiger partial charge on any atom is -0.330 e. The number of nitrogens with two attached hydrogens (primary N) is 1. The third-order valence-corrected chi connectivity index (χ3v) is 3.77. The Morgan fingerprint density at radius 3 is 2.38 bits per heavy atom. The molecule has 0 aliphatic heterocycles. The van der Waals surface area contributed by atoms with Crippen molar-refractivity contribution in [1.29, 1.82) is 0 Å². The fourth-order valence-corrected chi connectivity index (χ4v) is 2.52. The summed E-state index contributed by atoms with van der Waals surface area (Å²) in [5.74, 6) is 2.98. The van der Waals surface area contributed by atoms with Gasteiger partial charge in [0, 0.05) is 5.75 Å². The van der Waals surface area contributed by atoms with E-state index in [9.17, 15) is 0 Å². The zero-order chi connectivity index (χ0) is 11.8. The minimum absolute atomic E-state index is 0.631. The fourth-order valence-electron chi connectivity index (χ4n) is 1.54. The molecule has 0 radical (unpaired) electrons. The van der Waals surface area contributed by atoms with Gasteiger partial charge in [0.05, 0.1) is 0 Å². The first-order valence-corrected chi connectivity index (χ1v) is 7.26. The maximum absolute atomic E-state index is 5.46. The molecule has 2 N–H and O–H groups in total. The van der Waals surface area contributed by atoms with E-state index in [0.717, 1.165) is 18.7 Å². The molecular formula is C14H23NS. The smallest absolute Gasteiger partial charge is 0.0184 e. The van der Waals surface area contributed by atoms with E-state index in [0.29, 0.717) is 5.92 Å². The molecule has 0 heterocycles. The van der Waals surface area contributed by atoms with Crippen LogP contribution in [0.4, 0.5) is 0 Å². The van der Waals surface area contributed by atoms with E-state index in [2.05, 4.69) is 38.1 Å². The van der Waals surface area contributed by atoms with Gasteiger partial charge in [-0.15, -0.1) is 0 Å². The lowest BCUT2D eigenvalue weighted by atomic mass is 10.0. The Labute approximate surface area is 104 Å². The molecule has 1 rings (SSSR count). The second kappa shape index (κ2) is 7.75. The van der Waals surface area contributed by atoms with Crippen LogP contribution in [-0.4, -0.2) is 12.3 Å². The number of thioether (sulfide) groups is 1. The highest BCUT2D eigenvalue weighted by molar-refractivity contribution is 7.98. The normalized spacial score (nSPS) is 11.0. The summed E-state index contributed by atoms with van der Waals surface area (Å²) in [5, 5.41) is 0. The molecular weight excluding hydrogens is 214 g/mol. The predicted octanol–water partition coefficient (Wildman–Crippen LogP) is 3.78. The van der Waals surface area contributed by atoms with Crippen molar-refractivity contribution >= 4 is 11.8 Å². The number of benzene rings is 1. The van der Waals surface area contributed by atoms with Gasteiger partial charge in [-0.25, -0.2) is 0 Å². The third-order valence-electron chi connectivity index (χ3n) is 2.66. The maximum atomic E-state index is 5.46. The molecule has 90 valence electrons. The van der Waals surface area contributed by atoms with E-state index in [4.69, 9.17) is 5.73 Å². The van der Waals surface area contributed by atoms with Crippen LogP contribution in [-0.2, 0) is 5.75 Å². The first-order valence-electron chi connectivity index (χ1n) is 6.10. The van der Waals surface area contributed by atoms with E-state index in [-0.39, 0.29) is 0 Å². The molecule has 0 aromatic heterocycles. The van der Waals surface area contributed by atoms with Crippen molar-refractivity contribution in [2.24, 2.45) is 5.73 Å². The second-order valence-electron chi connectivity index (χ2n) is 4.44. The highest BCUT2D eigenvalue weighted by atomic mass is 32.2. The second-order valence-corrected chi connectivity index (χ2v) is 5.55. The molecule has 1 aromatic carbocycles. The van der Waals surface area contributed by atoms with Crippen LogP contribution in [0.1, 0.15) is 43.7 Å². The van der Waals surface area contributed by atoms with E-state index in [1.807, 2.05) is 11.8 Å². The predicted molar refractivity (Wildman–Crippen MR) is 75.0 cm³/mol. The van der Waals surface area contributed by atoms with Gasteiger partial charge in [-0.2, -0.15) is 11.8 Å². The summed E-state index contributed by atoms with van der Waals surface area (Å²) in [7, 11) is 0. The van der Waals surface area contributed by atoms with Crippen molar-refractivity contribution in [1.82, 2.24) is 0 Å². The monoisotopic (exact) mass is 237 g/mol. The molecule has 0 spiro atoms. The van der Waals surface area contributed by atoms with Crippen molar-refractivity contribution in [2.75, 3.05) is 12.3 Å². The van der Waals surface area contributed by atoms with Crippen LogP contribution in [0.3, 0.4) is 0 Å². The van der Waals surface area contributed by atoms with Crippen LogP contribution in [0.25, 0.3) is 0 Å². The summed E-state index contributed by atoms with van der Waals surface area (Å²) in [5.41, 5.74) is 8.32. The molecule has 0 bridgehead atoms. The van der Waals surface area contributed by atoms with Crippen molar-refractivity contribution in [3.8, 4) is 0 Å². The van der Waals surface area contributed by atoms with E-state index >= 15 is 0 Å². The lowest BCUT2D eigenvalue weighted by Gasteiger charge is -2.06. The maximum Gasteiger partial charge on any atom is 0.0184 e. The lowest BCUT2D eigenvalue weighted by molar-refractivity contribution is 0.814. The van der Waals surface area contributed by atoms with Gasteiger partial charge in [0.1, 0.15) is 0 Å². The molecule has 0 aliphatic rings. The molecule has 0 aliphatic carbocycles. The Hall–Kier alpha value is -0.470. The van der Waals surface area contributed by atoms with Crippen LogP contribution in [0.5, 0.6) is 0 Å². The van der Waals surface area contributed by atoms with E-state index in [1.165, 1.54) is 23.3 Å². The van der Waals surface area contributed by atoms with E-state index in [1.54, 1.807) is 0 Å². The Bertz CT molecular complexity index is 279. The summed E-state index contributed by atoms with van der Waals surface area (Å²) in [6, 6.07) is 9.01. The molecule has 0 atom stereocenters. The molecule has 0 saturated carbocycles. The fraction of sp³-hybridized carbons (Fsp3) is 0.571. The van der Waals surface area contributed by atoms with Crippen LogP contribution in [0, 0.1) is 0 Å². The largest absolute Gasteiger partial charge is 0.330 e. The van der Waals surface area contributed by atoms with Gasteiger partial charge in [0.25, 0.3) is 0 Å². The van der Waals surface area contributed by atoms with Gasteiger partial charge in [0.15, 0.2) is 0 Å². The van der Waals surface area contributed by atoms with Gasteiger partial charge < -0.3 is 5.73 Å². The Balaban J connectivity index is 2.27. The number of unbranched alkanes of at least 4 members (excludes halogenated alkanes) is 1. The molecule has 16 heavy (non-hydrogen) atoms. The van der Waals surface area contributed by atoms with Crippen LogP contribution in [0.2, 0.25) is 0 Å². The van der Waals surface area contributed by atoms with Crippen LogP contribution in [0.15, 0.2) is 24.3 Å². The highest BCUT2D eigenvalue weighted by Gasteiger charge is 1.99. The number of hydrogen-bond acceptors (Lipinski definition) is 2. The molecule has 0 unspecified atom stereocenters. The van der Waals surface area contributed by atoms with E-state index < -0.39 is 0 Å². The van der Waals surface area contributed by atoms with Crippen molar-refractivity contribution in [3.05, 3.63) is 35.4 Å². The Kier molecular flexibility index (Phi) is 6.58. The highest BCUT2D eigenvalue weighted by Crippen LogP contribution is 2.18. The SMILES string of the molecule is CC(C)c1ccc(CSCCCCN)cc1. The number of hydrogen-bond donors (Lipinski definition) is 1. The molecule has 0 fully saturated rings. The van der Waals surface area contributed by atoms with Gasteiger partial charge in [-0.3, -0.25) is 0 Å². The van der Waals surface area contributed by atoms with Gasteiger partial charge in [0.2, 0.25) is 0 Å². The summed E-state index contributed by atoms with van der Waals surface area (Å²) < 4.78 is 0. The van der Waals surface area contributed by atoms with Gasteiger partial charge >= 0.3 is 0 Å². The molecule has 0 amide bonds. The lowest BCUT2D eigenvalue weighted by Crippen LogP contribution is -1.98. The third kappa shape index (κ3) is 5.04. The van der Waals surface area contributed by atoms with Gasteiger partial charge in [-0.05, 0) is 42.2 Å². The van der Waals surface area contributed by atoms with Crippen molar-refractivity contribution in [3.63, 3.8) is 0 Å². The van der Waals surface area contributed by atoms with Crippen LogP contribution < -0.4 is 5.73 Å². The first kappa shape index (κ1) is 13.6. The summed E-state index contributed by atoms with van der Waals surface area (Å²) >= 11 is 2.00. The standard InChI is InChI=1S/C14H23NS/c1-12(2)14-7-5-13(6-8-14)11-16-10-4-3-9-15/h5-8,12H,3-4,9-11,15H2,1-2H3. The Morgan fingerprint density at radius 1 is 1.12 bits per heavy atom. The molecule has 1 aromatic rings. The van der Waals surface area contributed by atoms with Gasteiger partial charge in [-0.1, -0.05) is 38.1 Å². The zero-order valence-electron chi connectivity index (χ0n) is 10.4. The van der Waals surface area contributed by atoms with Crippen molar-refractivity contribution < 1.29 is 0 Å². The van der Waals surface area contributed by atoms with Crippen LogP contribution >= 0.6 is 11.8 Å². The zero-order valence-corrected chi connectivity index (χ0v) is 11.2. The average Bonchev–Trinajstić information content (AvgIpc) is 2.29. The quantitative estimate of drug-likeness (QED) is 0.730. The van der Waals surface area contributed by atoms with Crippen molar-refractivity contribution in [2.45, 2.75) is 38.4 Å². The summed E-state index contributed by atoms with van der Waals surface area (Å²) in [4.78, 5) is 0. The molecule has 2 heteroatoms. The first-order chi connectivity index (χ1) is 7.74. The summed E-state index contributed by atoms with van der Waals surface area (Å²) in [6.07, 6.45) is 2.39.